The van der Waals surface area contributed by atoms with E-state index in [1.54, 1.807) is 6.20 Å². The first-order valence-electron chi connectivity index (χ1n) is 7.03. The summed E-state index contributed by atoms with van der Waals surface area (Å²) in [5.41, 5.74) is 0.843. The van der Waals surface area contributed by atoms with E-state index in [2.05, 4.69) is 16.9 Å². The third-order valence-electron chi connectivity index (χ3n) is 3.24. The predicted octanol–water partition coefficient (Wildman–Crippen LogP) is 2.99. The molecule has 2 N–H and O–H groups in total. The van der Waals surface area contributed by atoms with Crippen molar-refractivity contribution in [2.75, 3.05) is 20.3 Å². The Balaban J connectivity index is 2.04. The Morgan fingerprint density at radius 1 is 1.45 bits per heavy atom. The largest absolute Gasteiger partial charge is 0.496 e. The number of carbonyl (C=O) groups excluding carboxylic acids is 1. The van der Waals surface area contributed by atoms with E-state index in [-0.39, 0.29) is 0 Å². The van der Waals surface area contributed by atoms with Gasteiger partial charge in [-0.25, -0.2) is 9.18 Å². The topological polar surface area (TPSA) is 63.3 Å². The monoisotopic (exact) mass is 306 g/mol. The third-order valence-corrected chi connectivity index (χ3v) is 3.24. The molecule has 22 heavy (non-hydrogen) atoms. The number of carbonyl (C=O) groups is 1. The fourth-order valence-electron chi connectivity index (χ4n) is 2.19. The molecule has 118 valence electrons. The lowest BCUT2D eigenvalue weighted by molar-refractivity contribution is 0.0501. The van der Waals surface area contributed by atoms with E-state index in [4.69, 9.17) is 9.47 Å². The second-order valence-corrected chi connectivity index (χ2v) is 4.73. The highest BCUT2D eigenvalue weighted by Gasteiger charge is 2.18. The maximum atomic E-state index is 13.4. The Morgan fingerprint density at radius 3 is 3.00 bits per heavy atom. The molecule has 0 atom stereocenters. The van der Waals surface area contributed by atoms with Gasteiger partial charge in [-0.3, -0.25) is 0 Å². The molecule has 0 saturated carbocycles. The summed E-state index contributed by atoms with van der Waals surface area (Å²) in [5, 5.41) is 3.50. The Labute approximate surface area is 128 Å². The number of rotatable bonds is 8. The Bertz CT molecular complexity index is 667. The average molecular weight is 306 g/mol. The van der Waals surface area contributed by atoms with E-state index >= 15 is 0 Å². The Kier molecular flexibility index (Phi) is 5.41. The molecule has 0 saturated heterocycles. The molecule has 1 aromatic heterocycles. The van der Waals surface area contributed by atoms with Gasteiger partial charge in [0.15, 0.2) is 0 Å². The lowest BCUT2D eigenvalue weighted by atomic mass is 10.1. The molecule has 2 aromatic rings. The van der Waals surface area contributed by atoms with Crippen LogP contribution in [0.5, 0.6) is 5.75 Å². The quantitative estimate of drug-likeness (QED) is 0.581. The molecule has 0 unspecified atom stereocenters. The minimum Gasteiger partial charge on any atom is -0.496 e. The maximum absolute atomic E-state index is 13.4. The van der Waals surface area contributed by atoms with Crippen LogP contribution in [0.15, 0.2) is 31.1 Å². The van der Waals surface area contributed by atoms with Gasteiger partial charge in [0.05, 0.1) is 30.2 Å². The van der Waals surface area contributed by atoms with Crippen molar-refractivity contribution in [1.82, 2.24) is 10.3 Å². The molecular formula is C16H19FN2O3. The molecule has 0 aliphatic rings. The summed E-state index contributed by atoms with van der Waals surface area (Å²) < 4.78 is 23.8. The number of benzene rings is 1. The summed E-state index contributed by atoms with van der Waals surface area (Å²) in [5.74, 6) is -0.577. The number of hydrogen-bond acceptors (Lipinski definition) is 4. The van der Waals surface area contributed by atoms with Gasteiger partial charge in [0.1, 0.15) is 11.6 Å². The SMILES string of the molecule is C=CNCCCCOC(=O)c1c[nH]c2cc(F)cc(OC)c12. The first kappa shape index (κ1) is 15.9. The summed E-state index contributed by atoms with van der Waals surface area (Å²) in [6.07, 6.45) is 4.76. The fraction of sp³-hybridized carbons (Fsp3) is 0.312. The van der Waals surface area contributed by atoms with Crippen molar-refractivity contribution in [2.45, 2.75) is 12.8 Å². The van der Waals surface area contributed by atoms with Gasteiger partial charge in [-0.15, -0.1) is 0 Å². The van der Waals surface area contributed by atoms with Crippen LogP contribution in [0.4, 0.5) is 4.39 Å². The van der Waals surface area contributed by atoms with Gasteiger partial charge in [0.25, 0.3) is 0 Å². The van der Waals surface area contributed by atoms with Crippen LogP contribution in [0, 0.1) is 5.82 Å². The van der Waals surface area contributed by atoms with Crippen molar-refractivity contribution < 1.29 is 18.7 Å². The number of fused-ring (bicyclic) bond motifs is 1. The van der Waals surface area contributed by atoms with Gasteiger partial charge in [-0.05, 0) is 25.1 Å². The van der Waals surface area contributed by atoms with Crippen molar-refractivity contribution in [2.24, 2.45) is 0 Å². The normalized spacial score (nSPS) is 10.5. The van der Waals surface area contributed by atoms with Crippen LogP contribution in [-0.4, -0.2) is 31.2 Å². The van der Waals surface area contributed by atoms with E-state index < -0.39 is 11.8 Å². The molecule has 2 rings (SSSR count). The van der Waals surface area contributed by atoms with E-state index in [1.807, 2.05) is 0 Å². The highest BCUT2D eigenvalue weighted by atomic mass is 19.1. The van der Waals surface area contributed by atoms with Crippen LogP contribution in [0.1, 0.15) is 23.2 Å². The number of hydrogen-bond donors (Lipinski definition) is 2. The summed E-state index contributed by atoms with van der Waals surface area (Å²) >= 11 is 0. The number of aromatic amines is 1. The second kappa shape index (κ2) is 7.49. The Hall–Kier alpha value is -2.50. The second-order valence-electron chi connectivity index (χ2n) is 4.73. The lowest BCUT2D eigenvalue weighted by Gasteiger charge is -2.06. The number of aromatic nitrogens is 1. The van der Waals surface area contributed by atoms with Crippen molar-refractivity contribution in [1.29, 1.82) is 0 Å². The molecule has 0 fully saturated rings. The van der Waals surface area contributed by atoms with Gasteiger partial charge in [-0.2, -0.15) is 0 Å². The van der Waals surface area contributed by atoms with Crippen LogP contribution in [0.3, 0.4) is 0 Å². The zero-order valence-corrected chi connectivity index (χ0v) is 12.4. The van der Waals surface area contributed by atoms with E-state index in [1.165, 1.54) is 25.4 Å². The molecule has 1 aromatic carbocycles. The summed E-state index contributed by atoms with van der Waals surface area (Å²) in [7, 11) is 1.43. The van der Waals surface area contributed by atoms with Gasteiger partial charge in [-0.1, -0.05) is 6.58 Å². The van der Waals surface area contributed by atoms with E-state index in [0.717, 1.165) is 19.4 Å². The number of H-pyrrole nitrogens is 1. The molecule has 0 spiro atoms. The molecular weight excluding hydrogens is 287 g/mol. The van der Waals surface area contributed by atoms with Crippen molar-refractivity contribution in [3.05, 3.63) is 42.5 Å². The van der Waals surface area contributed by atoms with E-state index in [9.17, 15) is 9.18 Å². The summed E-state index contributed by atoms with van der Waals surface area (Å²) in [6.45, 7) is 4.67. The van der Waals surface area contributed by atoms with Crippen LogP contribution in [-0.2, 0) is 4.74 Å². The van der Waals surface area contributed by atoms with Crippen molar-refractivity contribution >= 4 is 16.9 Å². The fourth-order valence-corrected chi connectivity index (χ4v) is 2.19. The summed E-state index contributed by atoms with van der Waals surface area (Å²) in [6, 6.07) is 2.56. The Morgan fingerprint density at radius 2 is 2.27 bits per heavy atom. The minimum atomic E-state index is -0.451. The number of unbranched alkanes of at least 4 members (excludes halogenated alkanes) is 1. The van der Waals surface area contributed by atoms with Crippen LogP contribution in [0.2, 0.25) is 0 Å². The number of methoxy groups -OCH3 is 1. The van der Waals surface area contributed by atoms with Crippen LogP contribution >= 0.6 is 0 Å². The molecule has 1 heterocycles. The standard InChI is InChI=1S/C16H19FN2O3/c1-3-18-6-4-5-7-22-16(20)12-10-19-13-8-11(17)9-14(21-2)15(12)13/h3,8-10,18-19H,1,4-7H2,2H3. The van der Waals surface area contributed by atoms with Crippen molar-refractivity contribution in [3.8, 4) is 5.75 Å². The van der Waals surface area contributed by atoms with Crippen LogP contribution < -0.4 is 10.1 Å². The van der Waals surface area contributed by atoms with Gasteiger partial charge in [0.2, 0.25) is 0 Å². The highest BCUT2D eigenvalue weighted by Crippen LogP contribution is 2.30. The highest BCUT2D eigenvalue weighted by molar-refractivity contribution is 6.06. The number of halogens is 1. The number of esters is 1. The molecule has 0 aliphatic heterocycles. The maximum Gasteiger partial charge on any atom is 0.340 e. The molecule has 0 amide bonds. The van der Waals surface area contributed by atoms with Crippen LogP contribution in [0.25, 0.3) is 10.9 Å². The van der Waals surface area contributed by atoms with Crippen molar-refractivity contribution in [3.63, 3.8) is 0 Å². The zero-order chi connectivity index (χ0) is 15.9. The first-order chi connectivity index (χ1) is 10.7. The first-order valence-corrected chi connectivity index (χ1v) is 7.03. The molecule has 0 aliphatic carbocycles. The number of nitrogens with one attached hydrogen (secondary N) is 2. The average Bonchev–Trinajstić information content (AvgIpc) is 2.93. The minimum absolute atomic E-state index is 0.304. The molecule has 6 heteroatoms. The molecule has 0 radical (unpaired) electrons. The molecule has 0 bridgehead atoms. The summed E-state index contributed by atoms with van der Waals surface area (Å²) in [4.78, 5) is 15.0. The zero-order valence-electron chi connectivity index (χ0n) is 12.4. The predicted molar refractivity (Wildman–Crippen MR) is 82.5 cm³/mol. The van der Waals surface area contributed by atoms with Gasteiger partial charge in [0, 0.05) is 18.8 Å². The van der Waals surface area contributed by atoms with Gasteiger partial charge < -0.3 is 19.8 Å². The molecule has 5 nitrogen and oxygen atoms in total. The lowest BCUT2D eigenvalue weighted by Crippen LogP contribution is -2.10. The number of ether oxygens (including phenoxy) is 2. The van der Waals surface area contributed by atoms with Gasteiger partial charge >= 0.3 is 5.97 Å². The van der Waals surface area contributed by atoms with E-state index in [0.29, 0.717) is 28.8 Å². The third kappa shape index (κ3) is 3.58. The smallest absolute Gasteiger partial charge is 0.340 e.